The molecule has 4 fully saturated rings. The molecule has 24 heavy (non-hydrogen) atoms. The molecule has 0 aromatic carbocycles. The minimum absolute atomic E-state index is 0.0212. The molecule has 4 aliphatic rings. The van der Waals surface area contributed by atoms with Gasteiger partial charge in [0.2, 0.25) is 0 Å². The summed E-state index contributed by atoms with van der Waals surface area (Å²) in [4.78, 5) is 12.5. The number of esters is 1. The predicted molar refractivity (Wildman–Crippen MR) is 79.2 cm³/mol. The van der Waals surface area contributed by atoms with Gasteiger partial charge in [0.05, 0.1) is 12.0 Å². The maximum Gasteiger partial charge on any atom is 0.511 e. The largest absolute Gasteiger partial charge is 0.511 e. The van der Waals surface area contributed by atoms with Crippen LogP contribution in [0.4, 0.5) is 13.2 Å². The van der Waals surface area contributed by atoms with Crippen LogP contribution in [0.5, 0.6) is 0 Å². The van der Waals surface area contributed by atoms with Gasteiger partial charge >= 0.3 is 21.5 Å². The van der Waals surface area contributed by atoms with Crippen molar-refractivity contribution >= 4 is 16.0 Å². The molecule has 0 saturated heterocycles. The molecule has 9 heteroatoms. The van der Waals surface area contributed by atoms with Crippen molar-refractivity contribution in [1.82, 2.24) is 4.72 Å². The van der Waals surface area contributed by atoms with E-state index in [0.717, 1.165) is 19.3 Å². The summed E-state index contributed by atoms with van der Waals surface area (Å²) in [6.07, 6.45) is 6.20. The lowest BCUT2D eigenvalue weighted by Gasteiger charge is -2.55. The average molecular weight is 369 g/mol. The second-order valence-electron chi connectivity index (χ2n) is 7.53. The van der Waals surface area contributed by atoms with Crippen LogP contribution in [0.3, 0.4) is 0 Å². The van der Waals surface area contributed by atoms with E-state index in [2.05, 4.69) is 0 Å². The normalized spacial score (nSPS) is 35.2. The summed E-state index contributed by atoms with van der Waals surface area (Å²) >= 11 is 0. The molecule has 0 spiro atoms. The van der Waals surface area contributed by atoms with Crippen molar-refractivity contribution in [2.45, 2.75) is 50.5 Å². The van der Waals surface area contributed by atoms with E-state index in [1.807, 2.05) is 0 Å². The Morgan fingerprint density at radius 3 is 2.04 bits per heavy atom. The molecular weight excluding hydrogens is 347 g/mol. The van der Waals surface area contributed by atoms with Gasteiger partial charge < -0.3 is 4.74 Å². The number of halogens is 3. The number of hydrogen-bond donors (Lipinski definition) is 1. The molecule has 0 heterocycles. The zero-order chi connectivity index (χ0) is 17.6. The molecule has 0 aromatic rings. The van der Waals surface area contributed by atoms with Gasteiger partial charge in [-0.25, -0.2) is 13.1 Å². The standard InChI is InChI=1S/C15H22F3NO4S/c16-15(17,18)24(21,22)19-2-1-3-23-13(20)14-7-10-4-11(8-14)6-12(5-10)9-14/h10-12,19H,1-9H2. The van der Waals surface area contributed by atoms with Crippen molar-refractivity contribution in [2.75, 3.05) is 13.2 Å². The Balaban J connectivity index is 1.44. The number of sulfonamides is 1. The molecule has 4 saturated carbocycles. The third-order valence-electron chi connectivity index (χ3n) is 5.62. The molecule has 0 aromatic heterocycles. The second kappa shape index (κ2) is 6.16. The van der Waals surface area contributed by atoms with Crippen molar-refractivity contribution in [1.29, 1.82) is 0 Å². The number of rotatable bonds is 6. The fraction of sp³-hybridized carbons (Fsp3) is 0.933. The summed E-state index contributed by atoms with van der Waals surface area (Å²) in [5.74, 6) is 1.55. The Morgan fingerprint density at radius 2 is 1.58 bits per heavy atom. The SMILES string of the molecule is O=C(OCCCNS(=O)(=O)C(F)(F)F)C12CC3CC(CC(C3)C1)C2. The molecule has 138 valence electrons. The molecule has 4 aliphatic carbocycles. The minimum Gasteiger partial charge on any atom is -0.465 e. The molecule has 0 radical (unpaired) electrons. The van der Waals surface area contributed by atoms with Gasteiger partial charge in [-0.3, -0.25) is 4.79 Å². The number of carbonyl (C=O) groups excluding carboxylic acids is 1. The molecule has 0 aliphatic heterocycles. The van der Waals surface area contributed by atoms with Gasteiger partial charge in [0.1, 0.15) is 0 Å². The summed E-state index contributed by atoms with van der Waals surface area (Å²) in [5, 5.41) is 0. The zero-order valence-electron chi connectivity index (χ0n) is 13.3. The Morgan fingerprint density at radius 1 is 1.08 bits per heavy atom. The van der Waals surface area contributed by atoms with Gasteiger partial charge in [0, 0.05) is 6.54 Å². The van der Waals surface area contributed by atoms with Gasteiger partial charge in [0.25, 0.3) is 0 Å². The average Bonchev–Trinajstić information content (AvgIpc) is 2.43. The van der Waals surface area contributed by atoms with Crippen LogP contribution in [0, 0.1) is 23.2 Å². The third-order valence-corrected chi connectivity index (χ3v) is 6.82. The van der Waals surface area contributed by atoms with E-state index in [-0.39, 0.29) is 19.0 Å². The van der Waals surface area contributed by atoms with Gasteiger partial charge in [-0.1, -0.05) is 0 Å². The topological polar surface area (TPSA) is 72.5 Å². The molecule has 0 atom stereocenters. The van der Waals surface area contributed by atoms with E-state index >= 15 is 0 Å². The van der Waals surface area contributed by atoms with Crippen LogP contribution in [0.25, 0.3) is 0 Å². The van der Waals surface area contributed by atoms with E-state index in [1.54, 1.807) is 0 Å². The first-order valence-corrected chi connectivity index (χ1v) is 9.83. The van der Waals surface area contributed by atoms with E-state index in [9.17, 15) is 26.4 Å². The quantitative estimate of drug-likeness (QED) is 0.577. The first kappa shape index (κ1) is 18.0. The van der Waals surface area contributed by atoms with E-state index in [0.29, 0.717) is 17.8 Å². The van der Waals surface area contributed by atoms with Crippen LogP contribution in [0.15, 0.2) is 0 Å². The maximum absolute atomic E-state index is 12.5. The number of alkyl halides is 3. The van der Waals surface area contributed by atoms with Crippen LogP contribution in [-0.4, -0.2) is 33.0 Å². The van der Waals surface area contributed by atoms with Crippen molar-refractivity contribution in [3.05, 3.63) is 0 Å². The zero-order valence-corrected chi connectivity index (χ0v) is 14.1. The van der Waals surface area contributed by atoms with Gasteiger partial charge in [-0.15, -0.1) is 0 Å². The highest BCUT2D eigenvalue weighted by atomic mass is 32.2. The smallest absolute Gasteiger partial charge is 0.465 e. The molecule has 0 amide bonds. The highest BCUT2D eigenvalue weighted by Gasteiger charge is 2.55. The number of hydrogen-bond acceptors (Lipinski definition) is 4. The Kier molecular flexibility index (Phi) is 4.61. The molecule has 4 rings (SSSR count). The summed E-state index contributed by atoms with van der Waals surface area (Å²) in [5.41, 5.74) is -5.72. The van der Waals surface area contributed by atoms with Gasteiger partial charge in [0.15, 0.2) is 0 Å². The molecule has 1 N–H and O–H groups in total. The van der Waals surface area contributed by atoms with Crippen LogP contribution in [0.2, 0.25) is 0 Å². The first-order valence-electron chi connectivity index (χ1n) is 8.34. The number of carbonyl (C=O) groups is 1. The van der Waals surface area contributed by atoms with E-state index < -0.39 is 27.5 Å². The first-order chi connectivity index (χ1) is 11.1. The second-order valence-corrected chi connectivity index (χ2v) is 9.29. The minimum atomic E-state index is -5.33. The highest BCUT2D eigenvalue weighted by molar-refractivity contribution is 7.90. The lowest BCUT2D eigenvalue weighted by molar-refractivity contribution is -0.171. The summed E-state index contributed by atoms with van der Waals surface area (Å²) in [6.45, 7) is -0.475. The number of nitrogens with one attached hydrogen (secondary N) is 1. The van der Waals surface area contributed by atoms with Crippen LogP contribution in [-0.2, 0) is 19.6 Å². The monoisotopic (exact) mass is 369 g/mol. The molecule has 5 nitrogen and oxygen atoms in total. The summed E-state index contributed by atoms with van der Waals surface area (Å²) in [6, 6.07) is 0. The predicted octanol–water partition coefficient (Wildman–Crippen LogP) is 2.58. The van der Waals surface area contributed by atoms with E-state index in [4.69, 9.17) is 4.74 Å². The van der Waals surface area contributed by atoms with Crippen LogP contribution < -0.4 is 4.72 Å². The van der Waals surface area contributed by atoms with Gasteiger partial charge in [-0.2, -0.15) is 13.2 Å². The molecular formula is C15H22F3NO4S. The fourth-order valence-electron chi connectivity index (χ4n) is 5.04. The summed E-state index contributed by atoms with van der Waals surface area (Å²) < 4.78 is 64.9. The van der Waals surface area contributed by atoms with Crippen LogP contribution >= 0.6 is 0 Å². The van der Waals surface area contributed by atoms with Crippen LogP contribution in [0.1, 0.15) is 44.9 Å². The van der Waals surface area contributed by atoms with Crippen molar-refractivity contribution in [2.24, 2.45) is 23.2 Å². The van der Waals surface area contributed by atoms with Crippen molar-refractivity contribution in [3.8, 4) is 0 Å². The van der Waals surface area contributed by atoms with Crippen molar-refractivity contribution < 1.29 is 31.1 Å². The van der Waals surface area contributed by atoms with Gasteiger partial charge in [-0.05, 0) is 62.7 Å². The Labute approximate surface area is 139 Å². The third kappa shape index (κ3) is 3.42. The Hall–Kier alpha value is -0.830. The highest BCUT2D eigenvalue weighted by Crippen LogP contribution is 2.60. The maximum atomic E-state index is 12.5. The lowest BCUT2D eigenvalue weighted by atomic mass is 9.49. The number of ether oxygens (including phenoxy) is 1. The van der Waals surface area contributed by atoms with Crippen molar-refractivity contribution in [3.63, 3.8) is 0 Å². The molecule has 0 unspecified atom stereocenters. The Bertz CT molecular complexity index is 567. The molecule has 4 bridgehead atoms. The summed E-state index contributed by atoms with van der Waals surface area (Å²) in [7, 11) is -5.33. The van der Waals surface area contributed by atoms with E-state index in [1.165, 1.54) is 24.0 Å². The fourth-order valence-corrected chi connectivity index (χ4v) is 5.62. The lowest BCUT2D eigenvalue weighted by Crippen LogP contribution is -2.50.